The van der Waals surface area contributed by atoms with E-state index in [0.29, 0.717) is 5.78 Å². The fraction of sp³-hybridized carbons (Fsp3) is 0.400. The highest BCUT2D eigenvalue weighted by atomic mass is 16.1. The summed E-state index contributed by atoms with van der Waals surface area (Å²) in [4.78, 5) is 11.6. The minimum atomic E-state index is 0.154. The molecule has 1 heteroatoms. The van der Waals surface area contributed by atoms with Gasteiger partial charge in [-0.1, -0.05) is 41.5 Å². The summed E-state index contributed by atoms with van der Waals surface area (Å²) in [5.74, 6) is 0.749. The summed E-state index contributed by atoms with van der Waals surface area (Å²) >= 11 is 0. The summed E-state index contributed by atoms with van der Waals surface area (Å²) < 4.78 is 0. The second-order valence-electron chi connectivity index (χ2n) is 4.87. The van der Waals surface area contributed by atoms with Crippen LogP contribution in [0.4, 0.5) is 0 Å². The predicted octanol–water partition coefficient (Wildman–Crippen LogP) is 3.63. The van der Waals surface area contributed by atoms with Crippen LogP contribution in [-0.2, 0) is 4.79 Å². The lowest BCUT2D eigenvalue weighted by atomic mass is 9.86. The molecule has 0 saturated carbocycles. The molecule has 1 aliphatic rings. The van der Waals surface area contributed by atoms with E-state index in [1.807, 2.05) is 0 Å². The Hall–Kier alpha value is -1.37. The van der Waals surface area contributed by atoms with Crippen molar-refractivity contribution in [3.63, 3.8) is 0 Å². The molecule has 16 heavy (non-hydrogen) atoms. The van der Waals surface area contributed by atoms with Gasteiger partial charge in [0.1, 0.15) is 5.78 Å². The van der Waals surface area contributed by atoms with E-state index in [-0.39, 0.29) is 11.8 Å². The molecule has 0 heterocycles. The first-order chi connectivity index (χ1) is 7.58. The van der Waals surface area contributed by atoms with Crippen molar-refractivity contribution in [2.24, 2.45) is 5.92 Å². The molecule has 84 valence electrons. The molecule has 0 radical (unpaired) electrons. The third kappa shape index (κ3) is 2.08. The first kappa shape index (κ1) is 11.1. The molecule has 0 bridgehead atoms. The maximum Gasteiger partial charge on any atom is 0.134 e. The van der Waals surface area contributed by atoms with Gasteiger partial charge in [0.05, 0.1) is 0 Å². The van der Waals surface area contributed by atoms with E-state index in [2.05, 4.69) is 44.2 Å². The average molecular weight is 214 g/mol. The molecule has 0 fully saturated rings. The van der Waals surface area contributed by atoms with Crippen LogP contribution in [0.1, 0.15) is 37.3 Å². The van der Waals surface area contributed by atoms with E-state index in [1.165, 1.54) is 16.7 Å². The van der Waals surface area contributed by atoms with Crippen LogP contribution >= 0.6 is 0 Å². The maximum absolute atomic E-state index is 11.6. The lowest BCUT2D eigenvalue weighted by Crippen LogP contribution is -2.15. The zero-order chi connectivity index (χ0) is 11.7. The molecule has 2 unspecified atom stereocenters. The van der Waals surface area contributed by atoms with Gasteiger partial charge in [-0.15, -0.1) is 0 Å². The van der Waals surface area contributed by atoms with Crippen LogP contribution in [-0.4, -0.2) is 5.78 Å². The first-order valence-electron chi connectivity index (χ1n) is 5.82. The lowest BCUT2D eigenvalue weighted by molar-refractivity contribution is -0.120. The van der Waals surface area contributed by atoms with Crippen molar-refractivity contribution < 1.29 is 4.79 Å². The Morgan fingerprint density at radius 2 is 2.06 bits per heavy atom. The van der Waals surface area contributed by atoms with E-state index in [9.17, 15) is 4.79 Å². The highest BCUT2D eigenvalue weighted by Crippen LogP contribution is 2.38. The molecule has 0 aliphatic heterocycles. The fourth-order valence-electron chi connectivity index (χ4n) is 2.57. The zero-order valence-corrected chi connectivity index (χ0v) is 10.2. The summed E-state index contributed by atoms with van der Waals surface area (Å²) in [7, 11) is 0. The highest BCUT2D eigenvalue weighted by molar-refractivity contribution is 5.80. The molecule has 1 aromatic rings. The van der Waals surface area contributed by atoms with E-state index >= 15 is 0 Å². The third-order valence-electron chi connectivity index (χ3n) is 3.39. The molecule has 0 N–H and O–H groups in total. The molecule has 0 spiro atoms. The van der Waals surface area contributed by atoms with Crippen LogP contribution in [0.3, 0.4) is 0 Å². The maximum atomic E-state index is 11.6. The lowest BCUT2D eigenvalue weighted by Gasteiger charge is -2.17. The Kier molecular flexibility index (Phi) is 2.95. The number of rotatable bonds is 2. The minimum absolute atomic E-state index is 0.154. The van der Waals surface area contributed by atoms with Gasteiger partial charge >= 0.3 is 0 Å². The van der Waals surface area contributed by atoms with Gasteiger partial charge in [0.15, 0.2) is 0 Å². The smallest absolute Gasteiger partial charge is 0.134 e. The number of hydrogen-bond acceptors (Lipinski definition) is 1. The normalized spacial score (nSPS) is 24.3. The second kappa shape index (κ2) is 4.25. The summed E-state index contributed by atoms with van der Waals surface area (Å²) in [6.07, 6.45) is 3.18. The van der Waals surface area contributed by atoms with E-state index < -0.39 is 0 Å². The van der Waals surface area contributed by atoms with Crippen molar-refractivity contribution in [3.05, 3.63) is 47.0 Å². The third-order valence-corrected chi connectivity index (χ3v) is 3.39. The second-order valence-corrected chi connectivity index (χ2v) is 4.87. The van der Waals surface area contributed by atoms with Crippen LogP contribution in [0.2, 0.25) is 0 Å². The van der Waals surface area contributed by atoms with Crippen molar-refractivity contribution in [2.75, 3.05) is 0 Å². The summed E-state index contributed by atoms with van der Waals surface area (Å²) in [5.41, 5.74) is 3.88. The molecule has 0 amide bonds. The van der Waals surface area contributed by atoms with Gasteiger partial charge in [0.2, 0.25) is 0 Å². The Morgan fingerprint density at radius 3 is 2.69 bits per heavy atom. The van der Waals surface area contributed by atoms with E-state index in [1.54, 1.807) is 6.92 Å². The molecule has 0 aromatic heterocycles. The summed E-state index contributed by atoms with van der Waals surface area (Å²) in [6, 6.07) is 8.49. The van der Waals surface area contributed by atoms with Gasteiger partial charge in [-0.3, -0.25) is 4.79 Å². The Labute approximate surface area is 97.2 Å². The van der Waals surface area contributed by atoms with Gasteiger partial charge in [-0.2, -0.15) is 0 Å². The number of carbonyl (C=O) groups is 1. The number of aryl methyl sites for hydroxylation is 1. The standard InChI is InChI=1S/C15H18O/c1-10-5-4-6-13(7-10)15-9-11(2)8-14(15)12(3)16/h4-7,9,14-15H,8H2,1-3H3. The monoisotopic (exact) mass is 214 g/mol. The molecule has 2 rings (SSSR count). The Bertz CT molecular complexity index is 443. The van der Waals surface area contributed by atoms with Crippen molar-refractivity contribution in [3.8, 4) is 0 Å². The number of allylic oxidation sites excluding steroid dienone is 2. The number of benzene rings is 1. The molecular weight excluding hydrogens is 196 g/mol. The highest BCUT2D eigenvalue weighted by Gasteiger charge is 2.30. The molecule has 2 atom stereocenters. The minimum Gasteiger partial charge on any atom is -0.300 e. The van der Waals surface area contributed by atoms with Gasteiger partial charge in [-0.25, -0.2) is 0 Å². The van der Waals surface area contributed by atoms with Crippen LogP contribution in [0.5, 0.6) is 0 Å². The SMILES string of the molecule is CC(=O)C1CC(C)=CC1c1cccc(C)c1. The summed E-state index contributed by atoms with van der Waals surface area (Å²) in [6.45, 7) is 5.92. The molecule has 1 aromatic carbocycles. The van der Waals surface area contributed by atoms with Gasteiger partial charge in [0, 0.05) is 11.8 Å². The Morgan fingerprint density at radius 1 is 1.31 bits per heavy atom. The largest absolute Gasteiger partial charge is 0.300 e. The number of Topliss-reactive ketones (excluding diaryl/α,β-unsaturated/α-hetero) is 1. The predicted molar refractivity (Wildman–Crippen MR) is 66.5 cm³/mol. The number of hydrogen-bond donors (Lipinski definition) is 0. The molecular formula is C15H18O. The van der Waals surface area contributed by atoms with Crippen LogP contribution < -0.4 is 0 Å². The molecule has 1 nitrogen and oxygen atoms in total. The topological polar surface area (TPSA) is 17.1 Å². The fourth-order valence-corrected chi connectivity index (χ4v) is 2.57. The quantitative estimate of drug-likeness (QED) is 0.687. The molecule has 0 saturated heterocycles. The van der Waals surface area contributed by atoms with Crippen LogP contribution in [0.15, 0.2) is 35.9 Å². The van der Waals surface area contributed by atoms with Crippen molar-refractivity contribution >= 4 is 5.78 Å². The van der Waals surface area contributed by atoms with Crippen molar-refractivity contribution in [2.45, 2.75) is 33.1 Å². The first-order valence-corrected chi connectivity index (χ1v) is 5.82. The van der Waals surface area contributed by atoms with Crippen LogP contribution in [0.25, 0.3) is 0 Å². The zero-order valence-electron chi connectivity index (χ0n) is 10.2. The number of carbonyl (C=O) groups excluding carboxylic acids is 1. The molecule has 1 aliphatic carbocycles. The average Bonchev–Trinajstić information content (AvgIpc) is 2.60. The Balaban J connectivity index is 2.35. The van der Waals surface area contributed by atoms with Gasteiger partial charge < -0.3 is 0 Å². The van der Waals surface area contributed by atoms with E-state index in [0.717, 1.165) is 6.42 Å². The van der Waals surface area contributed by atoms with Crippen LogP contribution in [0, 0.1) is 12.8 Å². The van der Waals surface area contributed by atoms with Gasteiger partial charge in [0.25, 0.3) is 0 Å². The summed E-state index contributed by atoms with van der Waals surface area (Å²) in [5, 5.41) is 0. The van der Waals surface area contributed by atoms with Crippen molar-refractivity contribution in [1.29, 1.82) is 0 Å². The van der Waals surface area contributed by atoms with Gasteiger partial charge in [-0.05, 0) is 32.8 Å². The van der Waals surface area contributed by atoms with Crippen molar-refractivity contribution in [1.82, 2.24) is 0 Å². The number of ketones is 1. The van der Waals surface area contributed by atoms with E-state index in [4.69, 9.17) is 0 Å².